The summed E-state index contributed by atoms with van der Waals surface area (Å²) in [6.45, 7) is 3.66. The van der Waals surface area contributed by atoms with Gasteiger partial charge in [0.2, 0.25) is 0 Å². The molecule has 9 heteroatoms. The third kappa shape index (κ3) is 4.13. The monoisotopic (exact) mass is 409 g/mol. The van der Waals surface area contributed by atoms with Gasteiger partial charge in [0, 0.05) is 37.4 Å². The lowest BCUT2D eigenvalue weighted by Gasteiger charge is -2.41. The Morgan fingerprint density at radius 2 is 1.64 bits per heavy atom. The van der Waals surface area contributed by atoms with Crippen LogP contribution in [-0.4, -0.2) is 47.4 Å². The highest BCUT2D eigenvalue weighted by Crippen LogP contribution is 2.34. The summed E-state index contributed by atoms with van der Waals surface area (Å²) in [4.78, 5) is 34.9. The number of hydrogen-bond acceptors (Lipinski definition) is 7. The molecule has 1 aromatic carbocycles. The van der Waals surface area contributed by atoms with Crippen molar-refractivity contribution in [3.05, 3.63) is 35.5 Å². The molecular weight excluding hydrogens is 390 g/mol. The number of carbonyl (C=O) groups is 3. The zero-order valence-corrected chi connectivity index (χ0v) is 16.3. The molecule has 0 amide bonds. The van der Waals surface area contributed by atoms with Gasteiger partial charge in [0.05, 0.1) is 12.1 Å². The molecule has 2 heterocycles. The second-order valence-corrected chi connectivity index (χ2v) is 6.82. The Labute approximate surface area is 166 Å². The molecule has 0 bridgehead atoms. The second kappa shape index (κ2) is 8.20. The number of hydrogen-bond donors (Lipinski definition) is 0. The highest BCUT2D eigenvalue weighted by Gasteiger charge is 2.47. The summed E-state index contributed by atoms with van der Waals surface area (Å²) in [6.07, 6.45) is -2.03. The summed E-state index contributed by atoms with van der Waals surface area (Å²) in [5, 5.41) is 1.35. The van der Waals surface area contributed by atoms with Crippen LogP contribution in [0.3, 0.4) is 0 Å². The van der Waals surface area contributed by atoms with Gasteiger partial charge in [-0.3, -0.25) is 14.4 Å². The van der Waals surface area contributed by atoms with E-state index in [1.807, 2.05) is 12.1 Å². The lowest BCUT2D eigenvalue weighted by molar-refractivity contribution is -0.239. The van der Waals surface area contributed by atoms with Crippen molar-refractivity contribution >= 4 is 40.4 Å². The molecule has 0 N–H and O–H groups in total. The minimum atomic E-state index is -1.03. The smallest absolute Gasteiger partial charge is 0.303 e. The van der Waals surface area contributed by atoms with Gasteiger partial charge in [-0.2, -0.15) is 0 Å². The first-order chi connectivity index (χ1) is 13.3. The minimum absolute atomic E-state index is 0.0415. The van der Waals surface area contributed by atoms with Gasteiger partial charge in [0.15, 0.2) is 24.5 Å². The minimum Gasteiger partial charge on any atom is -0.456 e. The molecule has 1 fully saturated rings. The summed E-state index contributed by atoms with van der Waals surface area (Å²) < 4.78 is 23.7. The van der Waals surface area contributed by atoms with Crippen LogP contribution >= 0.6 is 11.6 Å². The molecule has 1 saturated heterocycles. The highest BCUT2D eigenvalue weighted by molar-refractivity contribution is 6.35. The van der Waals surface area contributed by atoms with Crippen molar-refractivity contribution in [2.75, 3.05) is 6.61 Å². The highest BCUT2D eigenvalue weighted by atomic mass is 35.5. The molecule has 0 aliphatic carbocycles. The normalized spacial score (nSPS) is 24.6. The number of fused-ring (bicyclic) bond motifs is 1. The van der Waals surface area contributed by atoms with Crippen molar-refractivity contribution < 1.29 is 33.3 Å². The van der Waals surface area contributed by atoms with E-state index in [2.05, 4.69) is 0 Å². The SMILES string of the molecule is CC(=O)O[C@@H]1[C@@H](OC(C)=O)[C@H](OC(C)=O)CO[C@H]1n1ccc2c(Cl)cccc21. The lowest BCUT2D eigenvalue weighted by Crippen LogP contribution is -2.55. The van der Waals surface area contributed by atoms with E-state index in [-0.39, 0.29) is 6.61 Å². The molecule has 0 spiro atoms. The van der Waals surface area contributed by atoms with Gasteiger partial charge in [-0.05, 0) is 18.2 Å². The number of esters is 3. The summed E-state index contributed by atoms with van der Waals surface area (Å²) in [5.74, 6) is -1.75. The zero-order chi connectivity index (χ0) is 20.4. The molecule has 0 radical (unpaired) electrons. The molecule has 2 aromatic rings. The van der Waals surface area contributed by atoms with Gasteiger partial charge in [0.25, 0.3) is 0 Å². The third-order valence-corrected chi connectivity index (χ3v) is 4.64. The van der Waals surface area contributed by atoms with Crippen LogP contribution in [0.25, 0.3) is 10.9 Å². The molecule has 1 aliphatic heterocycles. The maximum absolute atomic E-state index is 11.7. The van der Waals surface area contributed by atoms with E-state index in [1.54, 1.807) is 22.9 Å². The average molecular weight is 410 g/mol. The molecule has 1 aromatic heterocycles. The van der Waals surface area contributed by atoms with E-state index in [1.165, 1.54) is 20.8 Å². The van der Waals surface area contributed by atoms with Crippen molar-refractivity contribution in [1.82, 2.24) is 4.57 Å². The number of benzene rings is 1. The molecule has 3 rings (SSSR count). The predicted molar refractivity (Wildman–Crippen MR) is 98.6 cm³/mol. The van der Waals surface area contributed by atoms with Crippen LogP contribution in [0.1, 0.15) is 27.0 Å². The van der Waals surface area contributed by atoms with Gasteiger partial charge in [-0.25, -0.2) is 0 Å². The number of carbonyl (C=O) groups excluding carboxylic acids is 3. The third-order valence-electron chi connectivity index (χ3n) is 4.31. The Morgan fingerprint density at radius 1 is 1.00 bits per heavy atom. The van der Waals surface area contributed by atoms with Crippen LogP contribution in [0, 0.1) is 0 Å². The Kier molecular flexibility index (Phi) is 5.90. The molecular formula is C19H20ClNO7. The topological polar surface area (TPSA) is 93.1 Å². The van der Waals surface area contributed by atoms with Crippen LogP contribution in [0.5, 0.6) is 0 Å². The molecule has 28 heavy (non-hydrogen) atoms. The number of halogens is 1. The van der Waals surface area contributed by atoms with Crippen LogP contribution < -0.4 is 0 Å². The first-order valence-electron chi connectivity index (χ1n) is 8.66. The molecule has 150 valence electrons. The largest absolute Gasteiger partial charge is 0.456 e. The van der Waals surface area contributed by atoms with E-state index in [0.29, 0.717) is 5.02 Å². The van der Waals surface area contributed by atoms with Crippen molar-refractivity contribution in [3.8, 4) is 0 Å². The lowest BCUT2D eigenvalue weighted by atomic mass is 10.0. The summed E-state index contributed by atoms with van der Waals surface area (Å²) >= 11 is 6.24. The maximum atomic E-state index is 11.7. The fraction of sp³-hybridized carbons (Fsp3) is 0.421. The number of aromatic nitrogens is 1. The van der Waals surface area contributed by atoms with Crippen LogP contribution in [0.15, 0.2) is 30.5 Å². The summed E-state index contributed by atoms with van der Waals surface area (Å²) in [5.41, 5.74) is 0.752. The van der Waals surface area contributed by atoms with E-state index in [9.17, 15) is 14.4 Å². The molecule has 0 saturated carbocycles. The first kappa shape index (κ1) is 20.2. The number of rotatable bonds is 4. The van der Waals surface area contributed by atoms with Crippen molar-refractivity contribution in [2.45, 2.75) is 45.3 Å². The van der Waals surface area contributed by atoms with Gasteiger partial charge >= 0.3 is 17.9 Å². The van der Waals surface area contributed by atoms with Gasteiger partial charge in [-0.1, -0.05) is 17.7 Å². The first-order valence-corrected chi connectivity index (χ1v) is 9.04. The quantitative estimate of drug-likeness (QED) is 0.566. The fourth-order valence-corrected chi connectivity index (χ4v) is 3.57. The zero-order valence-electron chi connectivity index (χ0n) is 15.6. The average Bonchev–Trinajstić information content (AvgIpc) is 3.02. The van der Waals surface area contributed by atoms with E-state index < -0.39 is 42.4 Å². The number of nitrogens with zero attached hydrogens (tertiary/aromatic N) is 1. The molecule has 4 atom stereocenters. The Balaban J connectivity index is 2.03. The molecule has 0 unspecified atom stereocenters. The summed E-state index contributed by atoms with van der Waals surface area (Å²) in [7, 11) is 0. The Hall–Kier alpha value is -2.58. The van der Waals surface area contributed by atoms with Crippen LogP contribution in [0.4, 0.5) is 0 Å². The van der Waals surface area contributed by atoms with E-state index >= 15 is 0 Å². The fourth-order valence-electron chi connectivity index (χ4n) is 3.33. The van der Waals surface area contributed by atoms with E-state index in [0.717, 1.165) is 10.9 Å². The van der Waals surface area contributed by atoms with E-state index in [4.69, 9.17) is 30.5 Å². The number of ether oxygens (including phenoxy) is 4. The standard InChI is InChI=1S/C19H20ClNO7/c1-10(22)26-16-9-25-19(18(28-12(3)24)17(16)27-11(2)23)21-8-7-13-14(20)5-4-6-15(13)21/h4-8,16-19H,9H2,1-3H3/t16-,17+,18-,19-/m1/s1. The van der Waals surface area contributed by atoms with Crippen LogP contribution in [0.2, 0.25) is 5.02 Å². The van der Waals surface area contributed by atoms with Crippen LogP contribution in [-0.2, 0) is 33.3 Å². The van der Waals surface area contributed by atoms with Gasteiger partial charge in [-0.15, -0.1) is 0 Å². The van der Waals surface area contributed by atoms with Gasteiger partial charge < -0.3 is 23.5 Å². The van der Waals surface area contributed by atoms with Crippen molar-refractivity contribution in [1.29, 1.82) is 0 Å². The maximum Gasteiger partial charge on any atom is 0.303 e. The Morgan fingerprint density at radius 3 is 2.29 bits per heavy atom. The predicted octanol–water partition coefficient (Wildman–Crippen LogP) is 2.62. The van der Waals surface area contributed by atoms with Crippen molar-refractivity contribution in [2.24, 2.45) is 0 Å². The molecule has 1 aliphatic rings. The molecule has 8 nitrogen and oxygen atoms in total. The Bertz CT molecular complexity index is 909. The summed E-state index contributed by atoms with van der Waals surface area (Å²) in [6, 6.07) is 7.20. The van der Waals surface area contributed by atoms with Gasteiger partial charge in [0.1, 0.15) is 0 Å². The van der Waals surface area contributed by atoms with Crippen molar-refractivity contribution in [3.63, 3.8) is 0 Å². The second-order valence-electron chi connectivity index (χ2n) is 6.42.